The van der Waals surface area contributed by atoms with Gasteiger partial charge in [0.05, 0.1) is 5.92 Å². The summed E-state index contributed by atoms with van der Waals surface area (Å²) in [6.45, 7) is 5.89. The number of carbonyl (C=O) groups excluding carboxylic acids is 1. The van der Waals surface area contributed by atoms with E-state index in [1.807, 2.05) is 12.1 Å². The van der Waals surface area contributed by atoms with Crippen molar-refractivity contribution in [3.05, 3.63) is 29.5 Å². The van der Waals surface area contributed by atoms with Gasteiger partial charge in [0.2, 0.25) is 5.91 Å². The first kappa shape index (κ1) is 12.2. The third-order valence-corrected chi connectivity index (χ3v) is 4.01. The van der Waals surface area contributed by atoms with Crippen molar-refractivity contribution in [3.8, 4) is 0 Å². The SMILES string of the molecule is Cc1[nH]c2ccc(NC(=O)[C@H]3CCNC3)cc2c1C. The molecule has 0 aliphatic carbocycles. The molecule has 0 spiro atoms. The Balaban J connectivity index is 1.84. The quantitative estimate of drug-likeness (QED) is 0.773. The number of amides is 1. The van der Waals surface area contributed by atoms with Gasteiger partial charge in [-0.05, 0) is 50.6 Å². The standard InChI is InChI=1S/C15H19N3O/c1-9-10(2)17-14-4-3-12(7-13(9)14)18-15(19)11-5-6-16-8-11/h3-4,7,11,16-17H,5-6,8H2,1-2H3,(H,18,19)/t11-/m0/s1. The highest BCUT2D eigenvalue weighted by atomic mass is 16.1. The van der Waals surface area contributed by atoms with Gasteiger partial charge in [-0.25, -0.2) is 0 Å². The first-order chi connectivity index (χ1) is 9.15. The number of fused-ring (bicyclic) bond motifs is 1. The third-order valence-electron chi connectivity index (χ3n) is 4.01. The summed E-state index contributed by atoms with van der Waals surface area (Å²) in [7, 11) is 0. The predicted molar refractivity (Wildman–Crippen MR) is 77.4 cm³/mol. The minimum absolute atomic E-state index is 0.102. The Bertz CT molecular complexity index is 624. The molecule has 1 aliphatic rings. The molecule has 3 rings (SSSR count). The second kappa shape index (κ2) is 4.70. The molecule has 1 aromatic heterocycles. The largest absolute Gasteiger partial charge is 0.358 e. The Hall–Kier alpha value is -1.81. The summed E-state index contributed by atoms with van der Waals surface area (Å²) in [6, 6.07) is 6.03. The molecule has 1 aliphatic heterocycles. The van der Waals surface area contributed by atoms with Gasteiger partial charge in [-0.1, -0.05) is 0 Å². The fourth-order valence-corrected chi connectivity index (χ4v) is 2.66. The number of H-pyrrole nitrogens is 1. The lowest BCUT2D eigenvalue weighted by Gasteiger charge is -2.10. The molecule has 1 fully saturated rings. The molecule has 4 heteroatoms. The number of aromatic nitrogens is 1. The van der Waals surface area contributed by atoms with Gasteiger partial charge in [0.15, 0.2) is 0 Å². The molecule has 0 unspecified atom stereocenters. The molecule has 3 N–H and O–H groups in total. The Morgan fingerprint density at radius 3 is 2.95 bits per heavy atom. The highest BCUT2D eigenvalue weighted by Crippen LogP contribution is 2.25. The Kier molecular flexibility index (Phi) is 3.03. The topological polar surface area (TPSA) is 56.9 Å². The molecular weight excluding hydrogens is 238 g/mol. The summed E-state index contributed by atoms with van der Waals surface area (Å²) in [5, 5.41) is 7.42. The van der Waals surface area contributed by atoms with Crippen molar-refractivity contribution in [2.45, 2.75) is 20.3 Å². The number of carbonyl (C=O) groups is 1. The van der Waals surface area contributed by atoms with Crippen molar-refractivity contribution in [1.29, 1.82) is 0 Å². The zero-order valence-electron chi connectivity index (χ0n) is 11.3. The van der Waals surface area contributed by atoms with Crippen LogP contribution in [0.2, 0.25) is 0 Å². The van der Waals surface area contributed by atoms with Crippen molar-refractivity contribution in [2.75, 3.05) is 18.4 Å². The number of anilines is 1. The van der Waals surface area contributed by atoms with E-state index in [1.54, 1.807) is 0 Å². The molecule has 2 heterocycles. The molecular formula is C15H19N3O. The fourth-order valence-electron chi connectivity index (χ4n) is 2.66. The zero-order valence-corrected chi connectivity index (χ0v) is 11.3. The number of nitrogens with one attached hydrogen (secondary N) is 3. The van der Waals surface area contributed by atoms with Crippen LogP contribution < -0.4 is 10.6 Å². The number of aromatic amines is 1. The molecule has 0 saturated carbocycles. The first-order valence-electron chi connectivity index (χ1n) is 6.75. The number of hydrogen-bond acceptors (Lipinski definition) is 2. The lowest BCUT2D eigenvalue weighted by Crippen LogP contribution is -2.24. The van der Waals surface area contributed by atoms with Gasteiger partial charge < -0.3 is 15.6 Å². The van der Waals surface area contributed by atoms with Gasteiger partial charge in [0.1, 0.15) is 0 Å². The third kappa shape index (κ3) is 2.24. The molecule has 0 bridgehead atoms. The van der Waals surface area contributed by atoms with Gasteiger partial charge >= 0.3 is 0 Å². The first-order valence-corrected chi connectivity index (χ1v) is 6.75. The fraction of sp³-hybridized carbons (Fsp3) is 0.400. The van der Waals surface area contributed by atoms with Crippen LogP contribution in [-0.4, -0.2) is 24.0 Å². The van der Waals surface area contributed by atoms with Crippen LogP contribution in [0.3, 0.4) is 0 Å². The molecule has 1 atom stereocenters. The molecule has 19 heavy (non-hydrogen) atoms. The highest BCUT2D eigenvalue weighted by molar-refractivity contribution is 5.96. The Morgan fingerprint density at radius 2 is 2.21 bits per heavy atom. The molecule has 1 saturated heterocycles. The number of benzene rings is 1. The number of rotatable bonds is 2. The molecule has 1 aromatic carbocycles. The highest BCUT2D eigenvalue weighted by Gasteiger charge is 2.22. The van der Waals surface area contributed by atoms with Gasteiger partial charge in [-0.2, -0.15) is 0 Å². The van der Waals surface area contributed by atoms with Crippen LogP contribution in [0.4, 0.5) is 5.69 Å². The van der Waals surface area contributed by atoms with E-state index < -0.39 is 0 Å². The average molecular weight is 257 g/mol. The molecule has 1 amide bonds. The summed E-state index contributed by atoms with van der Waals surface area (Å²) >= 11 is 0. The Morgan fingerprint density at radius 1 is 1.37 bits per heavy atom. The van der Waals surface area contributed by atoms with Gasteiger partial charge in [-0.3, -0.25) is 4.79 Å². The summed E-state index contributed by atoms with van der Waals surface area (Å²) in [4.78, 5) is 15.4. The minimum atomic E-state index is 0.102. The van der Waals surface area contributed by atoms with Crippen LogP contribution in [0.1, 0.15) is 17.7 Å². The maximum absolute atomic E-state index is 12.1. The second-order valence-electron chi connectivity index (χ2n) is 5.31. The maximum atomic E-state index is 12.1. The zero-order chi connectivity index (χ0) is 13.4. The molecule has 100 valence electrons. The Labute approximate surface area is 112 Å². The van der Waals surface area contributed by atoms with E-state index in [0.29, 0.717) is 0 Å². The van der Waals surface area contributed by atoms with E-state index in [-0.39, 0.29) is 11.8 Å². The van der Waals surface area contributed by atoms with E-state index in [4.69, 9.17) is 0 Å². The van der Waals surface area contributed by atoms with E-state index in [2.05, 4.69) is 35.5 Å². The minimum Gasteiger partial charge on any atom is -0.358 e. The van der Waals surface area contributed by atoms with Crippen molar-refractivity contribution in [1.82, 2.24) is 10.3 Å². The summed E-state index contributed by atoms with van der Waals surface area (Å²) in [5.41, 5.74) is 4.43. The van der Waals surface area contributed by atoms with Crippen molar-refractivity contribution in [3.63, 3.8) is 0 Å². The number of aryl methyl sites for hydroxylation is 2. The lowest BCUT2D eigenvalue weighted by molar-refractivity contribution is -0.119. The van der Waals surface area contributed by atoms with E-state index in [0.717, 1.165) is 30.7 Å². The monoisotopic (exact) mass is 257 g/mol. The van der Waals surface area contributed by atoms with E-state index in [1.165, 1.54) is 16.6 Å². The van der Waals surface area contributed by atoms with Gasteiger partial charge in [0, 0.05) is 28.8 Å². The molecule has 2 aromatic rings. The van der Waals surface area contributed by atoms with E-state index in [9.17, 15) is 4.79 Å². The summed E-state index contributed by atoms with van der Waals surface area (Å²) in [5.74, 6) is 0.221. The van der Waals surface area contributed by atoms with Gasteiger partial charge in [-0.15, -0.1) is 0 Å². The van der Waals surface area contributed by atoms with Crippen LogP contribution in [-0.2, 0) is 4.79 Å². The average Bonchev–Trinajstić information content (AvgIpc) is 3.01. The summed E-state index contributed by atoms with van der Waals surface area (Å²) in [6.07, 6.45) is 0.927. The smallest absolute Gasteiger partial charge is 0.228 e. The van der Waals surface area contributed by atoms with Crippen molar-refractivity contribution >= 4 is 22.5 Å². The van der Waals surface area contributed by atoms with Crippen LogP contribution in [0.5, 0.6) is 0 Å². The van der Waals surface area contributed by atoms with Crippen LogP contribution in [0.15, 0.2) is 18.2 Å². The second-order valence-corrected chi connectivity index (χ2v) is 5.31. The van der Waals surface area contributed by atoms with Crippen LogP contribution in [0.25, 0.3) is 10.9 Å². The maximum Gasteiger partial charge on any atom is 0.228 e. The van der Waals surface area contributed by atoms with E-state index >= 15 is 0 Å². The van der Waals surface area contributed by atoms with Crippen molar-refractivity contribution in [2.24, 2.45) is 5.92 Å². The van der Waals surface area contributed by atoms with Crippen LogP contribution in [0, 0.1) is 19.8 Å². The van der Waals surface area contributed by atoms with Crippen molar-refractivity contribution < 1.29 is 4.79 Å². The number of hydrogen-bond donors (Lipinski definition) is 3. The predicted octanol–water partition coefficient (Wildman–Crippen LogP) is 2.33. The normalized spacial score (nSPS) is 18.9. The van der Waals surface area contributed by atoms with Gasteiger partial charge in [0.25, 0.3) is 0 Å². The lowest BCUT2D eigenvalue weighted by atomic mass is 10.1. The van der Waals surface area contributed by atoms with Crippen LogP contribution >= 0.6 is 0 Å². The summed E-state index contributed by atoms with van der Waals surface area (Å²) < 4.78 is 0. The molecule has 0 radical (unpaired) electrons. The molecule has 4 nitrogen and oxygen atoms in total.